The van der Waals surface area contributed by atoms with Crippen LogP contribution in [0.5, 0.6) is 0 Å². The molecule has 3 atom stereocenters. The largest absolute Gasteiger partial charge is 0.356 e. The molecule has 0 radical (unpaired) electrons. The van der Waals surface area contributed by atoms with Crippen molar-refractivity contribution in [3.05, 3.63) is 71.2 Å². The third kappa shape index (κ3) is 2.92. The van der Waals surface area contributed by atoms with Crippen molar-refractivity contribution in [1.29, 1.82) is 0 Å². The number of aromatic nitrogens is 1. The average Bonchev–Trinajstić information content (AvgIpc) is 3.26. The molecular formula is C23H22ClN3O. The lowest BCUT2D eigenvalue weighted by Gasteiger charge is -2.29. The predicted molar refractivity (Wildman–Crippen MR) is 113 cm³/mol. The van der Waals surface area contributed by atoms with Gasteiger partial charge in [0.1, 0.15) is 5.82 Å². The second-order valence-electron chi connectivity index (χ2n) is 7.86. The highest BCUT2D eigenvalue weighted by Crippen LogP contribution is 2.45. The Labute approximate surface area is 169 Å². The SMILES string of the molecule is CC(=O)N1C[C@H]2CN(c3ccc4cc(Cl)ccc4n3)C[C@H]2[C@H]1c1ccccc1. The summed E-state index contributed by atoms with van der Waals surface area (Å²) >= 11 is 6.09. The Kier molecular flexibility index (Phi) is 4.24. The predicted octanol–water partition coefficient (Wildman–Crippen LogP) is 4.54. The average molecular weight is 392 g/mol. The Bertz CT molecular complexity index is 1040. The number of hydrogen-bond donors (Lipinski definition) is 0. The number of rotatable bonds is 2. The molecule has 1 aromatic heterocycles. The monoisotopic (exact) mass is 391 g/mol. The molecule has 2 aliphatic rings. The summed E-state index contributed by atoms with van der Waals surface area (Å²) in [4.78, 5) is 21.6. The van der Waals surface area contributed by atoms with E-state index in [0.29, 0.717) is 11.8 Å². The Morgan fingerprint density at radius 2 is 1.86 bits per heavy atom. The number of amides is 1. The first-order valence-electron chi connectivity index (χ1n) is 9.73. The van der Waals surface area contributed by atoms with E-state index in [2.05, 4.69) is 46.2 Å². The number of hydrogen-bond acceptors (Lipinski definition) is 3. The van der Waals surface area contributed by atoms with Crippen LogP contribution in [0.2, 0.25) is 5.02 Å². The molecule has 3 aromatic rings. The van der Waals surface area contributed by atoms with Gasteiger partial charge in [0.05, 0.1) is 11.6 Å². The highest BCUT2D eigenvalue weighted by atomic mass is 35.5. The maximum atomic E-state index is 12.3. The molecule has 0 unspecified atom stereocenters. The van der Waals surface area contributed by atoms with Gasteiger partial charge >= 0.3 is 0 Å². The van der Waals surface area contributed by atoms with Crippen molar-refractivity contribution in [3.8, 4) is 0 Å². The van der Waals surface area contributed by atoms with E-state index >= 15 is 0 Å². The molecule has 2 aliphatic heterocycles. The number of benzene rings is 2. The summed E-state index contributed by atoms with van der Waals surface area (Å²) in [5.74, 6) is 2.06. The van der Waals surface area contributed by atoms with Crippen LogP contribution in [-0.2, 0) is 4.79 Å². The zero-order chi connectivity index (χ0) is 19.3. The summed E-state index contributed by atoms with van der Waals surface area (Å²) < 4.78 is 0. The molecule has 1 amide bonds. The fraction of sp³-hybridized carbons (Fsp3) is 0.304. The van der Waals surface area contributed by atoms with E-state index in [1.54, 1.807) is 6.92 Å². The molecule has 0 saturated carbocycles. The maximum Gasteiger partial charge on any atom is 0.219 e. The lowest BCUT2D eigenvalue weighted by Crippen LogP contribution is -2.34. The summed E-state index contributed by atoms with van der Waals surface area (Å²) in [5.41, 5.74) is 2.19. The van der Waals surface area contributed by atoms with Crippen LogP contribution in [0.15, 0.2) is 60.7 Å². The second-order valence-corrected chi connectivity index (χ2v) is 8.30. The number of halogens is 1. The Balaban J connectivity index is 1.45. The molecule has 0 aliphatic carbocycles. The molecule has 2 fully saturated rings. The van der Waals surface area contributed by atoms with Gasteiger partial charge in [-0.1, -0.05) is 41.9 Å². The van der Waals surface area contributed by atoms with Crippen LogP contribution >= 0.6 is 11.6 Å². The lowest BCUT2D eigenvalue weighted by molar-refractivity contribution is -0.130. The minimum atomic E-state index is 0.146. The number of carbonyl (C=O) groups is 1. The van der Waals surface area contributed by atoms with Crippen LogP contribution in [0.3, 0.4) is 0 Å². The summed E-state index contributed by atoms with van der Waals surface area (Å²) in [6, 6.07) is 20.6. The van der Waals surface area contributed by atoms with E-state index in [0.717, 1.165) is 41.4 Å². The molecule has 0 N–H and O–H groups in total. The molecule has 0 bridgehead atoms. The summed E-state index contributed by atoms with van der Waals surface area (Å²) in [6.07, 6.45) is 0. The van der Waals surface area contributed by atoms with E-state index in [4.69, 9.17) is 16.6 Å². The van der Waals surface area contributed by atoms with Gasteiger partial charge < -0.3 is 9.80 Å². The quantitative estimate of drug-likeness (QED) is 0.643. The first-order chi connectivity index (χ1) is 13.6. The van der Waals surface area contributed by atoms with Crippen molar-refractivity contribution in [2.45, 2.75) is 13.0 Å². The van der Waals surface area contributed by atoms with Gasteiger partial charge in [-0.25, -0.2) is 4.98 Å². The van der Waals surface area contributed by atoms with Crippen LogP contribution in [0.1, 0.15) is 18.5 Å². The fourth-order valence-corrected chi connectivity index (χ4v) is 5.08. The number of fused-ring (bicyclic) bond motifs is 2. The van der Waals surface area contributed by atoms with Gasteiger partial charge in [0.25, 0.3) is 0 Å². The summed E-state index contributed by atoms with van der Waals surface area (Å²) in [5, 5.41) is 1.79. The van der Waals surface area contributed by atoms with Crippen LogP contribution in [-0.4, -0.2) is 35.4 Å². The number of nitrogens with zero attached hydrogens (tertiary/aromatic N) is 3. The number of likely N-dealkylation sites (tertiary alicyclic amines) is 1. The van der Waals surface area contributed by atoms with Crippen molar-refractivity contribution in [2.24, 2.45) is 11.8 Å². The van der Waals surface area contributed by atoms with Crippen molar-refractivity contribution in [2.75, 3.05) is 24.5 Å². The highest BCUT2D eigenvalue weighted by Gasteiger charge is 2.48. The van der Waals surface area contributed by atoms with Crippen molar-refractivity contribution in [3.63, 3.8) is 0 Å². The van der Waals surface area contributed by atoms with Gasteiger partial charge in [-0.15, -0.1) is 0 Å². The molecule has 28 heavy (non-hydrogen) atoms. The van der Waals surface area contributed by atoms with Crippen LogP contribution in [0, 0.1) is 11.8 Å². The first-order valence-corrected chi connectivity index (χ1v) is 10.1. The van der Waals surface area contributed by atoms with E-state index < -0.39 is 0 Å². The number of anilines is 1. The molecule has 4 nitrogen and oxygen atoms in total. The van der Waals surface area contributed by atoms with E-state index in [1.165, 1.54) is 5.56 Å². The highest BCUT2D eigenvalue weighted by molar-refractivity contribution is 6.31. The number of carbonyl (C=O) groups excluding carboxylic acids is 1. The Morgan fingerprint density at radius 1 is 1.04 bits per heavy atom. The van der Waals surface area contributed by atoms with Gasteiger partial charge in [-0.05, 0) is 35.9 Å². The maximum absolute atomic E-state index is 12.3. The second kappa shape index (κ2) is 6.78. The zero-order valence-corrected chi connectivity index (χ0v) is 16.5. The molecule has 2 aromatic carbocycles. The third-order valence-corrected chi connectivity index (χ3v) is 6.41. The van der Waals surface area contributed by atoms with Gasteiger partial charge in [0.15, 0.2) is 0 Å². The zero-order valence-electron chi connectivity index (χ0n) is 15.8. The standard InChI is InChI=1S/C23H22ClN3O/c1-15(28)27-13-18-12-26(14-20(18)23(27)16-5-3-2-4-6-16)22-10-7-17-11-19(24)8-9-21(17)25-22/h2-11,18,20,23H,12-14H2,1H3/t18-,20-,23-/m1/s1. The van der Waals surface area contributed by atoms with E-state index in [1.807, 2.05) is 24.3 Å². The molecule has 2 saturated heterocycles. The van der Waals surface area contributed by atoms with Crippen LogP contribution in [0.4, 0.5) is 5.82 Å². The van der Waals surface area contributed by atoms with Crippen molar-refractivity contribution in [1.82, 2.24) is 9.88 Å². The topological polar surface area (TPSA) is 36.4 Å². The van der Waals surface area contributed by atoms with E-state index in [-0.39, 0.29) is 11.9 Å². The molecular weight excluding hydrogens is 370 g/mol. The van der Waals surface area contributed by atoms with Gasteiger partial charge in [0, 0.05) is 48.8 Å². The summed E-state index contributed by atoms with van der Waals surface area (Å²) in [7, 11) is 0. The summed E-state index contributed by atoms with van der Waals surface area (Å²) in [6.45, 7) is 4.36. The smallest absolute Gasteiger partial charge is 0.219 e. The van der Waals surface area contributed by atoms with E-state index in [9.17, 15) is 4.79 Å². The Hall–Kier alpha value is -2.59. The molecule has 0 spiro atoms. The molecule has 142 valence electrons. The first kappa shape index (κ1) is 17.5. The van der Waals surface area contributed by atoms with Crippen LogP contribution < -0.4 is 4.90 Å². The minimum absolute atomic E-state index is 0.146. The minimum Gasteiger partial charge on any atom is -0.356 e. The molecule has 5 rings (SSSR count). The lowest BCUT2D eigenvalue weighted by atomic mass is 9.89. The van der Waals surface area contributed by atoms with Gasteiger partial charge in [-0.2, -0.15) is 0 Å². The number of pyridine rings is 1. The molecule has 3 heterocycles. The van der Waals surface area contributed by atoms with Crippen molar-refractivity contribution < 1.29 is 4.79 Å². The van der Waals surface area contributed by atoms with Gasteiger partial charge in [0.2, 0.25) is 5.91 Å². The Morgan fingerprint density at radius 3 is 2.64 bits per heavy atom. The van der Waals surface area contributed by atoms with Crippen molar-refractivity contribution >= 4 is 34.2 Å². The van der Waals surface area contributed by atoms with Gasteiger partial charge in [-0.3, -0.25) is 4.79 Å². The normalized spacial score (nSPS) is 24.0. The fourth-order valence-electron chi connectivity index (χ4n) is 4.90. The third-order valence-electron chi connectivity index (χ3n) is 6.17. The molecule has 5 heteroatoms. The van der Waals surface area contributed by atoms with Crippen LogP contribution in [0.25, 0.3) is 10.9 Å².